The topological polar surface area (TPSA) is 270 Å². The Balaban J connectivity index is 0.000000299. The number of halogens is 9. The van der Waals surface area contributed by atoms with E-state index in [2.05, 4.69) is 18.9 Å². The van der Waals surface area contributed by atoms with E-state index in [1.54, 1.807) is 35.5 Å². The zero-order valence-electron chi connectivity index (χ0n) is 54.4. The lowest BCUT2D eigenvalue weighted by atomic mass is 9.86. The fourth-order valence-corrected chi connectivity index (χ4v) is 13.4. The van der Waals surface area contributed by atoms with Gasteiger partial charge >= 0.3 is 0 Å². The zero-order chi connectivity index (χ0) is 70.1. The van der Waals surface area contributed by atoms with Crippen molar-refractivity contribution in [1.82, 2.24) is 42.2 Å². The minimum Gasteiger partial charge on any atom is -0.343 e. The first-order chi connectivity index (χ1) is 43.1. The van der Waals surface area contributed by atoms with Crippen LogP contribution >= 0.6 is 0 Å². The van der Waals surface area contributed by atoms with Crippen LogP contribution in [0.15, 0.2) is 36.4 Å². The third kappa shape index (κ3) is 25.4. The number of nitrogens with one attached hydrogen (secondary N) is 4. The second-order valence-corrected chi connectivity index (χ2v) is 33.6. The van der Waals surface area contributed by atoms with Crippen LogP contribution in [0, 0.1) is 70.1 Å². The molecule has 3 amide bonds. The molecule has 528 valence electrons. The van der Waals surface area contributed by atoms with E-state index in [1.807, 2.05) is 20.8 Å². The van der Waals surface area contributed by atoms with Crippen LogP contribution in [-0.4, -0.2) is 181 Å². The SMILES string of the molecule is CC(C)(C)[S@](=O)N[C@H](Cc1cc(F)c(F)cc1F)C1CCN(C(=O)CCN)CC1.CN(C)S(=O)(=O)NCCC(=O)N1CCC([C@@H](Cc2cc(F)c(F)cc2F)N[S@@](=O)C(C)(C)C)CC1.CN(C)S(=O)(=O)NCCC(=O)N1CCC([C@H](N)Cc2cc(F)c(F)cc2F)CC1. The fourth-order valence-electron chi connectivity index (χ4n) is 10.4. The first-order valence-corrected chi connectivity index (χ1v) is 35.7. The van der Waals surface area contributed by atoms with E-state index in [0.29, 0.717) is 109 Å². The van der Waals surface area contributed by atoms with Crippen molar-refractivity contribution < 1.29 is 79.2 Å². The molecule has 8 N–H and O–H groups in total. The Bertz CT molecular complexity index is 3270. The first kappa shape index (κ1) is 80.8. The minimum atomic E-state index is -3.61. The number of benzene rings is 3. The van der Waals surface area contributed by atoms with Crippen LogP contribution in [0.25, 0.3) is 0 Å². The van der Waals surface area contributed by atoms with Crippen molar-refractivity contribution in [2.24, 2.45) is 29.2 Å². The molecule has 3 heterocycles. The van der Waals surface area contributed by atoms with Gasteiger partial charge in [-0.25, -0.2) is 66.8 Å². The van der Waals surface area contributed by atoms with Gasteiger partial charge in [0, 0.05) is 143 Å². The average molecular weight is 1410 g/mol. The molecule has 6 rings (SSSR count). The van der Waals surface area contributed by atoms with Gasteiger partial charge in [-0.1, -0.05) is 0 Å². The molecule has 3 saturated heterocycles. The van der Waals surface area contributed by atoms with Gasteiger partial charge in [0.2, 0.25) is 17.7 Å². The molecule has 33 heteroatoms. The number of nitrogens with two attached hydrogens (primary N) is 2. The minimum absolute atomic E-state index is 0.000349. The normalized spacial score (nSPS) is 17.5. The first-order valence-electron chi connectivity index (χ1n) is 30.5. The van der Waals surface area contributed by atoms with E-state index >= 15 is 0 Å². The molecule has 0 aliphatic carbocycles. The summed E-state index contributed by atoms with van der Waals surface area (Å²) in [5, 5.41) is 0. The molecule has 0 saturated carbocycles. The van der Waals surface area contributed by atoms with Crippen LogP contribution in [0.2, 0.25) is 0 Å². The van der Waals surface area contributed by atoms with Gasteiger partial charge in [-0.3, -0.25) is 14.4 Å². The second-order valence-electron chi connectivity index (χ2n) is 25.6. The summed E-state index contributed by atoms with van der Waals surface area (Å²) in [6.07, 6.45) is 4.04. The summed E-state index contributed by atoms with van der Waals surface area (Å²) in [5.41, 5.74) is 11.6. The number of carbonyl (C=O) groups is 3. The van der Waals surface area contributed by atoms with Crippen molar-refractivity contribution in [3.05, 3.63) is 105 Å². The number of piperidine rings is 3. The number of carbonyl (C=O) groups excluding carboxylic acids is 3. The summed E-state index contributed by atoms with van der Waals surface area (Å²) in [6, 6.07) is 2.75. The molecule has 3 aliphatic heterocycles. The largest absolute Gasteiger partial charge is 0.343 e. The molecule has 5 atom stereocenters. The van der Waals surface area contributed by atoms with Crippen molar-refractivity contribution in [2.75, 3.05) is 87.1 Å². The molecule has 0 radical (unpaired) electrons. The smallest absolute Gasteiger partial charge is 0.278 e. The summed E-state index contributed by atoms with van der Waals surface area (Å²) in [5.74, 6) is -10.1. The molecule has 0 unspecified atom stereocenters. The van der Waals surface area contributed by atoms with Gasteiger partial charge in [0.1, 0.15) is 17.5 Å². The van der Waals surface area contributed by atoms with Crippen molar-refractivity contribution in [3.8, 4) is 0 Å². The van der Waals surface area contributed by atoms with E-state index in [4.69, 9.17) is 11.5 Å². The van der Waals surface area contributed by atoms with E-state index in [1.165, 1.54) is 28.2 Å². The molecule has 3 fully saturated rings. The second kappa shape index (κ2) is 36.1. The molecule has 93 heavy (non-hydrogen) atoms. The zero-order valence-corrected chi connectivity index (χ0v) is 57.6. The molecule has 0 aromatic heterocycles. The Labute approximate surface area is 546 Å². The van der Waals surface area contributed by atoms with Crippen molar-refractivity contribution in [3.63, 3.8) is 0 Å². The molecular weight excluding hydrogens is 1320 g/mol. The molecule has 20 nitrogen and oxygen atoms in total. The highest BCUT2D eigenvalue weighted by Crippen LogP contribution is 2.30. The lowest BCUT2D eigenvalue weighted by Crippen LogP contribution is -2.49. The van der Waals surface area contributed by atoms with Gasteiger partial charge in [0.05, 0.1) is 31.5 Å². The molecule has 3 aliphatic rings. The summed E-state index contributed by atoms with van der Waals surface area (Å²) in [6.45, 7) is 13.9. The average Bonchev–Trinajstić information content (AvgIpc) is 1.08. The van der Waals surface area contributed by atoms with Crippen molar-refractivity contribution in [2.45, 2.75) is 146 Å². The predicted octanol–water partition coefficient (Wildman–Crippen LogP) is 5.74. The number of likely N-dealkylation sites (tertiary alicyclic amines) is 3. The van der Waals surface area contributed by atoms with E-state index in [9.17, 15) is 79.2 Å². The van der Waals surface area contributed by atoms with E-state index in [-0.39, 0.29) is 97.4 Å². The Kier molecular flexibility index (Phi) is 31.3. The van der Waals surface area contributed by atoms with Crippen LogP contribution in [-0.2, 0) is 76.0 Å². The van der Waals surface area contributed by atoms with Crippen LogP contribution in [0.5, 0.6) is 0 Å². The molecule has 3 aromatic rings. The van der Waals surface area contributed by atoms with Crippen LogP contribution < -0.4 is 30.4 Å². The van der Waals surface area contributed by atoms with Crippen molar-refractivity contribution in [1.29, 1.82) is 0 Å². The standard InChI is InChI=1S/C22H35F3N4O4S2.C20H30F3N3O2S.C18H27F3N4O3S/c1-22(2,3)34(31)27-20(13-16-12-18(24)19(25)14-17(16)23)15-7-10-29(11-8-15)21(30)6-9-26-35(32,33)28(4)5;1-20(2,3)29(28)25-18(11-14-10-16(22)17(23)12-15(14)21)13-5-8-26(9-6-13)19(27)4-7-24;1-24(2)29(27,28)23-6-3-18(26)25-7-4-12(5-8-25)17(22)10-13-9-15(20)16(21)11-14(13)19/h12,14-15,20,26-27H,6-11,13H2,1-5H3;10,12-13,18,25H,4-9,11,24H2,1-3H3;9,11-12,17,23H,3-8,10,22H2,1-2H3/t20-,34+;18-,29+;17-/m111/s1. The highest BCUT2D eigenvalue weighted by molar-refractivity contribution is 7.87. The highest BCUT2D eigenvalue weighted by atomic mass is 32.2. The quantitative estimate of drug-likeness (QED) is 0.0440. The van der Waals surface area contributed by atoms with Gasteiger partial charge in [-0.2, -0.15) is 25.4 Å². The number of rotatable bonds is 25. The van der Waals surface area contributed by atoms with E-state index < -0.39 is 122 Å². The van der Waals surface area contributed by atoms with Crippen LogP contribution in [0.1, 0.15) is 116 Å². The van der Waals surface area contributed by atoms with E-state index in [0.717, 1.165) is 26.8 Å². The summed E-state index contributed by atoms with van der Waals surface area (Å²) in [4.78, 5) is 41.9. The Hall–Kier alpha value is -4.68. The maximum atomic E-state index is 14.3. The van der Waals surface area contributed by atoms with Gasteiger partial charge in [-0.05, 0) is 152 Å². The maximum absolute atomic E-state index is 14.3. The summed E-state index contributed by atoms with van der Waals surface area (Å²) < 4.78 is 207. The fraction of sp³-hybridized carbons (Fsp3) is 0.650. The van der Waals surface area contributed by atoms with Gasteiger partial charge in [-0.15, -0.1) is 0 Å². The lowest BCUT2D eigenvalue weighted by Gasteiger charge is -2.37. The Morgan fingerprint density at radius 3 is 1.03 bits per heavy atom. The number of hydrogen-bond donors (Lipinski definition) is 6. The van der Waals surface area contributed by atoms with Crippen molar-refractivity contribution >= 4 is 60.1 Å². The molecular formula is C60H92F9N11O9S4. The molecule has 3 aromatic carbocycles. The van der Waals surface area contributed by atoms with Gasteiger partial charge in [0.15, 0.2) is 34.9 Å². The van der Waals surface area contributed by atoms with Gasteiger partial charge in [0.25, 0.3) is 20.4 Å². The predicted molar refractivity (Wildman–Crippen MR) is 340 cm³/mol. The molecule has 0 bridgehead atoms. The third-order valence-corrected chi connectivity index (χ3v) is 22.5. The van der Waals surface area contributed by atoms with Gasteiger partial charge < -0.3 is 26.2 Å². The molecule has 0 spiro atoms. The third-order valence-electron chi connectivity index (χ3n) is 16.2. The lowest BCUT2D eigenvalue weighted by molar-refractivity contribution is -0.133. The number of nitrogens with zero attached hydrogens (tertiary/aromatic N) is 5. The Morgan fingerprint density at radius 1 is 0.484 bits per heavy atom. The monoisotopic (exact) mass is 1410 g/mol. The number of amides is 3. The summed E-state index contributed by atoms with van der Waals surface area (Å²) in [7, 11) is -4.52. The highest BCUT2D eigenvalue weighted by Gasteiger charge is 2.36. The maximum Gasteiger partial charge on any atom is 0.278 e. The van der Waals surface area contributed by atoms with Crippen LogP contribution in [0.4, 0.5) is 39.5 Å². The van der Waals surface area contributed by atoms with Crippen LogP contribution in [0.3, 0.4) is 0 Å². The number of hydrogen-bond acceptors (Lipinski definition) is 11. The Morgan fingerprint density at radius 2 is 0.753 bits per heavy atom. The summed E-state index contributed by atoms with van der Waals surface area (Å²) >= 11 is 0.